The van der Waals surface area contributed by atoms with Gasteiger partial charge in [-0.2, -0.15) is 0 Å². The van der Waals surface area contributed by atoms with E-state index in [1.54, 1.807) is 17.0 Å². The number of carbonyl (C=O) groups is 2. The third-order valence-corrected chi connectivity index (χ3v) is 7.38. The molecule has 2 amide bonds. The fourth-order valence-corrected chi connectivity index (χ4v) is 5.39. The van der Waals surface area contributed by atoms with E-state index in [0.29, 0.717) is 18.7 Å². The SMILES string of the molecule is O=C(CN1C(=O)[C@@]2(COc3ccc(F)cc3)C[C@H]2c2ccccc21)NCCCN1CCCCC1. The van der Waals surface area contributed by atoms with E-state index in [9.17, 15) is 14.0 Å². The zero-order chi connectivity index (χ0) is 23.5. The van der Waals surface area contributed by atoms with Crippen LogP contribution in [0.4, 0.5) is 10.1 Å². The number of rotatable bonds is 9. The van der Waals surface area contributed by atoms with Crippen LogP contribution in [0.25, 0.3) is 0 Å². The van der Waals surface area contributed by atoms with Crippen LogP contribution >= 0.6 is 0 Å². The van der Waals surface area contributed by atoms with E-state index in [2.05, 4.69) is 10.2 Å². The summed E-state index contributed by atoms with van der Waals surface area (Å²) in [7, 11) is 0. The zero-order valence-corrected chi connectivity index (χ0v) is 19.5. The van der Waals surface area contributed by atoms with Gasteiger partial charge < -0.3 is 19.9 Å². The highest BCUT2D eigenvalue weighted by atomic mass is 19.1. The van der Waals surface area contributed by atoms with Crippen LogP contribution in [0.2, 0.25) is 0 Å². The van der Waals surface area contributed by atoms with Crippen LogP contribution in [0.5, 0.6) is 5.75 Å². The number of hydrogen-bond donors (Lipinski definition) is 1. The normalized spacial score (nSPS) is 23.7. The minimum absolute atomic E-state index is 0.00454. The summed E-state index contributed by atoms with van der Waals surface area (Å²) in [6.07, 6.45) is 5.44. The van der Waals surface area contributed by atoms with Gasteiger partial charge in [0.1, 0.15) is 24.7 Å². The Morgan fingerprint density at radius 3 is 2.65 bits per heavy atom. The Morgan fingerprint density at radius 2 is 1.85 bits per heavy atom. The summed E-state index contributed by atoms with van der Waals surface area (Å²) >= 11 is 0. The van der Waals surface area contributed by atoms with Crippen molar-refractivity contribution in [2.24, 2.45) is 5.41 Å². The number of halogens is 1. The lowest BCUT2D eigenvalue weighted by Crippen LogP contribution is -2.48. The van der Waals surface area contributed by atoms with Crippen molar-refractivity contribution in [2.45, 2.75) is 38.0 Å². The van der Waals surface area contributed by atoms with Crippen LogP contribution in [0.1, 0.15) is 43.6 Å². The first-order valence-corrected chi connectivity index (χ1v) is 12.4. The van der Waals surface area contributed by atoms with Crippen LogP contribution in [0.15, 0.2) is 48.5 Å². The van der Waals surface area contributed by atoms with Gasteiger partial charge in [0.25, 0.3) is 0 Å². The van der Waals surface area contributed by atoms with Crippen molar-refractivity contribution in [2.75, 3.05) is 44.2 Å². The highest BCUT2D eigenvalue weighted by Crippen LogP contribution is 2.65. The predicted octanol–water partition coefficient (Wildman–Crippen LogP) is 3.72. The van der Waals surface area contributed by atoms with Gasteiger partial charge in [0.15, 0.2) is 0 Å². The molecule has 5 rings (SSSR count). The Bertz CT molecular complexity index is 1040. The van der Waals surface area contributed by atoms with Crippen molar-refractivity contribution in [1.29, 1.82) is 0 Å². The summed E-state index contributed by atoms with van der Waals surface area (Å²) in [5.41, 5.74) is 1.23. The second-order valence-corrected chi connectivity index (χ2v) is 9.71. The van der Waals surface area contributed by atoms with Gasteiger partial charge in [0.05, 0.1) is 5.41 Å². The number of benzene rings is 2. The van der Waals surface area contributed by atoms with Gasteiger partial charge in [0, 0.05) is 18.2 Å². The van der Waals surface area contributed by atoms with E-state index in [1.807, 2.05) is 24.3 Å². The van der Waals surface area contributed by atoms with E-state index in [0.717, 1.165) is 37.3 Å². The van der Waals surface area contributed by atoms with Crippen LogP contribution < -0.4 is 15.0 Å². The number of piperidine rings is 1. The van der Waals surface area contributed by atoms with Gasteiger partial charge in [0.2, 0.25) is 11.8 Å². The molecule has 1 aliphatic carbocycles. The van der Waals surface area contributed by atoms with E-state index in [4.69, 9.17) is 4.74 Å². The average molecular weight is 466 g/mol. The third-order valence-electron chi connectivity index (χ3n) is 7.38. The van der Waals surface area contributed by atoms with Gasteiger partial charge in [-0.3, -0.25) is 9.59 Å². The number of anilines is 1. The van der Waals surface area contributed by atoms with Crippen molar-refractivity contribution in [3.8, 4) is 5.75 Å². The fraction of sp³-hybridized carbons (Fsp3) is 0.481. The molecule has 2 aliphatic heterocycles. The van der Waals surface area contributed by atoms with Crippen molar-refractivity contribution in [3.63, 3.8) is 0 Å². The molecule has 1 saturated carbocycles. The van der Waals surface area contributed by atoms with Crippen LogP contribution in [0.3, 0.4) is 0 Å². The molecule has 180 valence electrons. The maximum atomic E-state index is 13.6. The molecule has 1 N–H and O–H groups in total. The first-order chi connectivity index (χ1) is 16.6. The number of ether oxygens (including phenoxy) is 1. The molecule has 34 heavy (non-hydrogen) atoms. The maximum Gasteiger partial charge on any atom is 0.240 e. The molecule has 1 saturated heterocycles. The van der Waals surface area contributed by atoms with Gasteiger partial charge in [-0.05, 0) is 81.2 Å². The second-order valence-electron chi connectivity index (χ2n) is 9.71. The number of nitrogens with one attached hydrogen (secondary N) is 1. The molecule has 2 fully saturated rings. The largest absolute Gasteiger partial charge is 0.492 e. The van der Waals surface area contributed by atoms with Gasteiger partial charge in [-0.15, -0.1) is 0 Å². The fourth-order valence-electron chi connectivity index (χ4n) is 5.39. The molecular weight excluding hydrogens is 433 g/mol. The lowest BCUT2D eigenvalue weighted by molar-refractivity contribution is -0.128. The molecule has 2 aromatic carbocycles. The number of amides is 2. The standard InChI is InChI=1S/C27H32FN3O3/c28-20-9-11-21(12-10-20)34-19-27-17-23(27)22-7-2-3-8-24(22)31(26(27)33)18-25(32)29-13-6-16-30-14-4-1-5-15-30/h2-3,7-12,23H,1,4-6,13-19H2,(H,29,32)/t23-,27+/m0/s1. The Balaban J connectivity index is 1.21. The third kappa shape index (κ3) is 4.67. The molecule has 0 unspecified atom stereocenters. The van der Waals surface area contributed by atoms with E-state index in [1.165, 1.54) is 31.4 Å². The minimum Gasteiger partial charge on any atom is -0.492 e. The lowest BCUT2D eigenvalue weighted by atomic mass is 9.92. The molecule has 0 radical (unpaired) electrons. The van der Waals surface area contributed by atoms with Gasteiger partial charge >= 0.3 is 0 Å². The summed E-state index contributed by atoms with van der Waals surface area (Å²) in [5, 5.41) is 3.00. The summed E-state index contributed by atoms with van der Waals surface area (Å²) < 4.78 is 19.1. The highest BCUT2D eigenvalue weighted by molar-refractivity contribution is 6.07. The van der Waals surface area contributed by atoms with Crippen LogP contribution in [-0.2, 0) is 9.59 Å². The molecule has 3 aliphatic rings. The Kier molecular flexibility index (Phi) is 6.55. The zero-order valence-electron chi connectivity index (χ0n) is 19.5. The minimum atomic E-state index is -0.669. The molecular formula is C27H32FN3O3. The van der Waals surface area contributed by atoms with Crippen molar-refractivity contribution in [1.82, 2.24) is 10.2 Å². The number of para-hydroxylation sites is 1. The summed E-state index contributed by atoms with van der Waals surface area (Å²) in [6.45, 7) is 4.12. The summed E-state index contributed by atoms with van der Waals surface area (Å²) in [6, 6.07) is 13.7. The number of hydrogen-bond acceptors (Lipinski definition) is 4. The maximum absolute atomic E-state index is 13.6. The van der Waals surface area contributed by atoms with Crippen LogP contribution in [-0.4, -0.2) is 56.0 Å². The van der Waals surface area contributed by atoms with E-state index >= 15 is 0 Å². The van der Waals surface area contributed by atoms with E-state index < -0.39 is 5.41 Å². The second kappa shape index (κ2) is 9.74. The highest BCUT2D eigenvalue weighted by Gasteiger charge is 2.66. The first-order valence-electron chi connectivity index (χ1n) is 12.4. The lowest BCUT2D eigenvalue weighted by Gasteiger charge is -2.33. The van der Waals surface area contributed by atoms with Gasteiger partial charge in [-0.1, -0.05) is 24.6 Å². The Morgan fingerprint density at radius 1 is 1.09 bits per heavy atom. The molecule has 0 bridgehead atoms. The Hall–Kier alpha value is -2.93. The van der Waals surface area contributed by atoms with Crippen molar-refractivity contribution < 1.29 is 18.7 Å². The van der Waals surface area contributed by atoms with Crippen LogP contribution in [0, 0.1) is 11.2 Å². The molecule has 0 aromatic heterocycles. The summed E-state index contributed by atoms with van der Waals surface area (Å²) in [4.78, 5) is 30.4. The number of fused-ring (bicyclic) bond motifs is 3. The smallest absolute Gasteiger partial charge is 0.240 e. The number of carbonyl (C=O) groups excluding carboxylic acids is 2. The predicted molar refractivity (Wildman–Crippen MR) is 128 cm³/mol. The molecule has 0 spiro atoms. The summed E-state index contributed by atoms with van der Waals surface area (Å²) in [5.74, 6) is 0.0782. The van der Waals surface area contributed by atoms with Crippen molar-refractivity contribution >= 4 is 17.5 Å². The number of nitrogens with zero attached hydrogens (tertiary/aromatic N) is 2. The topological polar surface area (TPSA) is 61.9 Å². The monoisotopic (exact) mass is 465 g/mol. The first kappa shape index (κ1) is 22.8. The van der Waals surface area contributed by atoms with Crippen molar-refractivity contribution in [3.05, 3.63) is 59.9 Å². The number of likely N-dealkylation sites (tertiary alicyclic amines) is 1. The molecule has 7 heteroatoms. The molecule has 2 atom stereocenters. The molecule has 2 heterocycles. The van der Waals surface area contributed by atoms with Gasteiger partial charge in [-0.25, -0.2) is 4.39 Å². The van der Waals surface area contributed by atoms with E-state index in [-0.39, 0.29) is 36.7 Å². The quantitative estimate of drug-likeness (QED) is 0.574. The average Bonchev–Trinajstić information content (AvgIpc) is 3.61. The Labute approximate surface area is 200 Å². The molecule has 2 aromatic rings. The molecule has 6 nitrogen and oxygen atoms in total.